The van der Waals surface area contributed by atoms with Crippen molar-refractivity contribution < 1.29 is 18.0 Å². The Morgan fingerprint density at radius 1 is 1.17 bits per heavy atom. The highest BCUT2D eigenvalue weighted by molar-refractivity contribution is 14.1. The number of benzene rings is 2. The quantitative estimate of drug-likeness (QED) is 0.556. The van der Waals surface area contributed by atoms with Crippen LogP contribution in [0, 0.1) is 26.9 Å². The summed E-state index contributed by atoms with van der Waals surface area (Å²) in [5, 5.41) is 0. The highest BCUT2D eigenvalue weighted by atomic mass is 127. The van der Waals surface area contributed by atoms with E-state index in [0.717, 1.165) is 18.9 Å². The van der Waals surface area contributed by atoms with Crippen molar-refractivity contribution in [2.75, 3.05) is 13.1 Å². The van der Waals surface area contributed by atoms with Gasteiger partial charge in [-0.05, 0) is 71.2 Å². The van der Waals surface area contributed by atoms with E-state index in [-0.39, 0.29) is 23.1 Å². The maximum Gasteiger partial charge on any atom is 0.254 e. The van der Waals surface area contributed by atoms with E-state index < -0.39 is 28.9 Å². The molecule has 0 aromatic heterocycles. The number of hydrogen-bond acceptors (Lipinski definition) is 2. The lowest BCUT2D eigenvalue weighted by Crippen LogP contribution is -2.68. The summed E-state index contributed by atoms with van der Waals surface area (Å²) in [6.45, 7) is 4.97. The van der Waals surface area contributed by atoms with Crippen molar-refractivity contribution in [3.05, 3.63) is 68.0 Å². The Bertz CT molecular complexity index is 927. The predicted octanol–water partition coefficient (Wildman–Crippen LogP) is 4.89. The summed E-state index contributed by atoms with van der Waals surface area (Å²) in [7, 11) is 0. The Kier molecular flexibility index (Phi) is 6.57. The first-order valence-electron chi connectivity index (χ1n) is 9.58. The van der Waals surface area contributed by atoms with Crippen LogP contribution in [0.5, 0.6) is 0 Å². The van der Waals surface area contributed by atoms with E-state index >= 15 is 0 Å². The molecule has 7 heteroatoms. The van der Waals surface area contributed by atoms with E-state index in [2.05, 4.69) is 13.8 Å². The minimum atomic E-state index is -1.12. The number of hydrogen-bond donors (Lipinski definition) is 1. The second kappa shape index (κ2) is 8.63. The van der Waals surface area contributed by atoms with Crippen molar-refractivity contribution >= 4 is 28.5 Å². The molecule has 1 amide bonds. The predicted molar refractivity (Wildman–Crippen MR) is 115 cm³/mol. The summed E-state index contributed by atoms with van der Waals surface area (Å²) in [5.74, 6) is -2.58. The number of carbonyl (C=O) groups excluding carboxylic acids is 1. The zero-order valence-electron chi connectivity index (χ0n) is 16.4. The summed E-state index contributed by atoms with van der Waals surface area (Å²) in [6, 6.07) is 6.73. The molecule has 1 saturated heterocycles. The van der Waals surface area contributed by atoms with Crippen LogP contribution >= 0.6 is 22.6 Å². The van der Waals surface area contributed by atoms with Crippen LogP contribution in [0.4, 0.5) is 13.2 Å². The number of halogens is 4. The van der Waals surface area contributed by atoms with Crippen LogP contribution in [0.2, 0.25) is 0 Å². The lowest BCUT2D eigenvalue weighted by atomic mass is 9.83. The molecule has 1 aliphatic heterocycles. The smallest absolute Gasteiger partial charge is 0.254 e. The Morgan fingerprint density at radius 3 is 2.48 bits per heavy atom. The first kappa shape index (κ1) is 22.1. The van der Waals surface area contributed by atoms with Crippen molar-refractivity contribution in [1.29, 1.82) is 0 Å². The monoisotopic (exact) mass is 516 g/mol. The summed E-state index contributed by atoms with van der Waals surface area (Å²) in [6.07, 6.45) is 1.55. The Labute approximate surface area is 182 Å². The van der Waals surface area contributed by atoms with Gasteiger partial charge in [0.1, 0.15) is 5.82 Å². The molecule has 1 aliphatic rings. The fraction of sp³-hybridized carbons (Fsp3) is 0.409. The molecule has 156 valence electrons. The molecule has 0 spiro atoms. The minimum absolute atomic E-state index is 0.0489. The average molecular weight is 516 g/mol. The van der Waals surface area contributed by atoms with Gasteiger partial charge in [0.2, 0.25) is 0 Å². The van der Waals surface area contributed by atoms with Gasteiger partial charge in [-0.25, -0.2) is 13.2 Å². The number of nitrogens with two attached hydrogens (primary N) is 1. The Morgan fingerprint density at radius 2 is 1.86 bits per heavy atom. The van der Waals surface area contributed by atoms with Gasteiger partial charge in [-0.3, -0.25) is 4.79 Å². The molecule has 0 aliphatic carbocycles. The lowest BCUT2D eigenvalue weighted by molar-refractivity contribution is 0.0373. The van der Waals surface area contributed by atoms with E-state index in [4.69, 9.17) is 5.73 Å². The normalized spacial score (nSPS) is 15.5. The molecular formula is C22H24F3IN2O. The average Bonchev–Trinajstić information content (AvgIpc) is 2.63. The Hall–Kier alpha value is -1.61. The van der Waals surface area contributed by atoms with Crippen LogP contribution in [-0.4, -0.2) is 29.4 Å². The third kappa shape index (κ3) is 4.94. The van der Waals surface area contributed by atoms with Crippen molar-refractivity contribution in [2.45, 2.75) is 38.6 Å². The number of nitrogens with zero attached hydrogens (tertiary/aromatic N) is 1. The van der Waals surface area contributed by atoms with Crippen LogP contribution in [0.1, 0.15) is 48.2 Å². The summed E-state index contributed by atoms with van der Waals surface area (Å²) < 4.78 is 43.4. The molecule has 29 heavy (non-hydrogen) atoms. The number of carbonyl (C=O) groups is 1. The van der Waals surface area contributed by atoms with Gasteiger partial charge >= 0.3 is 0 Å². The number of likely N-dealkylation sites (tertiary alicyclic amines) is 1. The largest absolute Gasteiger partial charge is 0.335 e. The van der Waals surface area contributed by atoms with Crippen molar-refractivity contribution in [3.8, 4) is 0 Å². The molecule has 0 unspecified atom stereocenters. The van der Waals surface area contributed by atoms with E-state index in [1.165, 1.54) is 18.2 Å². The summed E-state index contributed by atoms with van der Waals surface area (Å²) >= 11 is 1.97. The first-order valence-corrected chi connectivity index (χ1v) is 10.7. The molecule has 0 saturated carbocycles. The van der Waals surface area contributed by atoms with Crippen LogP contribution in [-0.2, 0) is 6.42 Å². The van der Waals surface area contributed by atoms with Gasteiger partial charge in [-0.1, -0.05) is 19.9 Å². The summed E-state index contributed by atoms with van der Waals surface area (Å²) in [4.78, 5) is 14.5. The van der Waals surface area contributed by atoms with Gasteiger partial charge in [0.15, 0.2) is 11.6 Å². The fourth-order valence-corrected chi connectivity index (χ4v) is 4.04. The molecule has 2 aromatic rings. The lowest BCUT2D eigenvalue weighted by Gasteiger charge is -2.48. The second-order valence-electron chi connectivity index (χ2n) is 8.26. The highest BCUT2D eigenvalue weighted by Crippen LogP contribution is 2.29. The molecule has 3 nitrogen and oxygen atoms in total. The third-order valence-electron chi connectivity index (χ3n) is 5.33. The van der Waals surface area contributed by atoms with E-state index in [9.17, 15) is 18.0 Å². The van der Waals surface area contributed by atoms with Gasteiger partial charge in [0, 0.05) is 34.2 Å². The molecule has 2 N–H and O–H groups in total. The Balaban J connectivity index is 1.83. The minimum Gasteiger partial charge on any atom is -0.335 e. The fourth-order valence-electron chi connectivity index (χ4n) is 3.58. The van der Waals surface area contributed by atoms with Crippen LogP contribution in [0.3, 0.4) is 0 Å². The van der Waals surface area contributed by atoms with E-state index in [0.29, 0.717) is 22.6 Å². The van der Waals surface area contributed by atoms with Crippen LogP contribution in [0.15, 0.2) is 30.3 Å². The van der Waals surface area contributed by atoms with Gasteiger partial charge in [-0.2, -0.15) is 0 Å². The van der Waals surface area contributed by atoms with Gasteiger partial charge in [0.25, 0.3) is 5.91 Å². The highest BCUT2D eigenvalue weighted by Gasteiger charge is 2.42. The van der Waals surface area contributed by atoms with Gasteiger partial charge in [-0.15, -0.1) is 0 Å². The van der Waals surface area contributed by atoms with Crippen molar-refractivity contribution in [3.63, 3.8) is 0 Å². The van der Waals surface area contributed by atoms with E-state index in [1.807, 2.05) is 22.6 Å². The number of rotatable bonds is 6. The zero-order chi connectivity index (χ0) is 21.3. The SMILES string of the molecule is CC(C)CCC1(N)CN(C(=O)c2ccc(F)c(F)c2Cc2ccc(I)cc2F)C1. The standard InChI is InChI=1S/C22H24F3IN2O/c1-13(2)7-8-22(27)11-28(12-22)21(29)16-5-6-18(23)20(25)17(16)9-14-3-4-15(26)10-19(14)24/h3-6,10,13H,7-9,11-12,27H2,1-2H3. The van der Waals surface area contributed by atoms with Crippen LogP contribution in [0.25, 0.3) is 0 Å². The molecule has 0 bridgehead atoms. The molecule has 1 fully saturated rings. The third-order valence-corrected chi connectivity index (χ3v) is 6.00. The first-order chi connectivity index (χ1) is 13.6. The molecule has 0 atom stereocenters. The molecular weight excluding hydrogens is 492 g/mol. The molecule has 1 heterocycles. The van der Waals surface area contributed by atoms with E-state index in [1.54, 1.807) is 11.0 Å². The molecule has 2 aromatic carbocycles. The maximum absolute atomic E-state index is 14.6. The molecule has 0 radical (unpaired) electrons. The van der Waals surface area contributed by atoms with Gasteiger partial charge in [0.05, 0.1) is 5.54 Å². The molecule has 3 rings (SSSR count). The summed E-state index contributed by atoms with van der Waals surface area (Å²) in [5.41, 5.74) is 6.01. The number of amides is 1. The maximum atomic E-state index is 14.6. The van der Waals surface area contributed by atoms with Crippen LogP contribution < -0.4 is 5.73 Å². The van der Waals surface area contributed by atoms with Gasteiger partial charge < -0.3 is 10.6 Å². The topological polar surface area (TPSA) is 46.3 Å². The zero-order valence-corrected chi connectivity index (χ0v) is 18.6. The van der Waals surface area contributed by atoms with Crippen molar-refractivity contribution in [1.82, 2.24) is 4.90 Å². The second-order valence-corrected chi connectivity index (χ2v) is 9.50. The van der Waals surface area contributed by atoms with Crippen molar-refractivity contribution in [2.24, 2.45) is 11.7 Å².